The molecule has 2 aromatic heterocycles. The number of amides is 1. The van der Waals surface area contributed by atoms with Crippen LogP contribution in [0.15, 0.2) is 85.3 Å². The van der Waals surface area contributed by atoms with Gasteiger partial charge in [-0.2, -0.15) is 0 Å². The lowest BCUT2D eigenvalue weighted by molar-refractivity contribution is 0.0950. The monoisotopic (exact) mass is 499 g/mol. The van der Waals surface area contributed by atoms with Gasteiger partial charge >= 0.3 is 0 Å². The van der Waals surface area contributed by atoms with Gasteiger partial charge in [0, 0.05) is 42.3 Å². The Kier molecular flexibility index (Phi) is 8.91. The van der Waals surface area contributed by atoms with E-state index in [1.807, 2.05) is 56.3 Å². The third-order valence-electron chi connectivity index (χ3n) is 5.23. The van der Waals surface area contributed by atoms with Gasteiger partial charge in [-0.05, 0) is 74.0 Å². The number of aromatic nitrogens is 2. The number of benzene rings is 2. The molecule has 0 saturated carbocycles. The van der Waals surface area contributed by atoms with Crippen LogP contribution in [0.4, 0.5) is 0 Å². The molecule has 8 heteroatoms. The van der Waals surface area contributed by atoms with Crippen LogP contribution in [-0.2, 0) is 13.2 Å². The first-order valence-electron chi connectivity index (χ1n) is 12.1. The Bertz CT molecular complexity index is 1300. The van der Waals surface area contributed by atoms with E-state index in [4.69, 9.17) is 18.9 Å². The standard InChI is InChI=1S/C29H29N3O5/c1-3-34-24-8-10-25(11-9-24)37-28-16-21(13-15-31-28)19-32-29(33)23-7-12-26(27(17-23)35-4-2)36-20-22-6-5-14-30-18-22/h5-18H,3-4,19-20H2,1-2H3,(H,32,33). The Morgan fingerprint density at radius 2 is 1.62 bits per heavy atom. The zero-order valence-electron chi connectivity index (χ0n) is 20.8. The maximum atomic E-state index is 12.9. The Hall–Kier alpha value is -4.59. The molecule has 0 spiro atoms. The second kappa shape index (κ2) is 12.9. The van der Waals surface area contributed by atoms with E-state index >= 15 is 0 Å². The first-order valence-corrected chi connectivity index (χ1v) is 12.1. The van der Waals surface area contributed by atoms with Crippen molar-refractivity contribution in [2.45, 2.75) is 27.0 Å². The van der Waals surface area contributed by atoms with Crippen molar-refractivity contribution in [3.63, 3.8) is 0 Å². The van der Waals surface area contributed by atoms with Gasteiger partial charge in [-0.1, -0.05) is 6.07 Å². The van der Waals surface area contributed by atoms with E-state index in [9.17, 15) is 4.79 Å². The minimum atomic E-state index is -0.231. The normalized spacial score (nSPS) is 10.4. The van der Waals surface area contributed by atoms with Crippen molar-refractivity contribution in [1.29, 1.82) is 0 Å². The zero-order chi connectivity index (χ0) is 25.9. The fourth-order valence-electron chi connectivity index (χ4n) is 3.47. The third kappa shape index (κ3) is 7.44. The maximum Gasteiger partial charge on any atom is 0.251 e. The fourth-order valence-corrected chi connectivity index (χ4v) is 3.47. The highest BCUT2D eigenvalue weighted by atomic mass is 16.5. The Morgan fingerprint density at radius 1 is 0.811 bits per heavy atom. The van der Waals surface area contributed by atoms with Crippen molar-refractivity contribution < 1.29 is 23.7 Å². The molecule has 2 aromatic carbocycles. The van der Waals surface area contributed by atoms with E-state index < -0.39 is 0 Å². The first-order chi connectivity index (χ1) is 18.1. The molecule has 2 heterocycles. The molecule has 0 unspecified atom stereocenters. The van der Waals surface area contributed by atoms with Crippen LogP contribution in [0.5, 0.6) is 28.9 Å². The summed E-state index contributed by atoms with van der Waals surface area (Å²) in [6, 6.07) is 19.9. The molecule has 1 amide bonds. The molecule has 4 rings (SSSR count). The molecule has 0 radical (unpaired) electrons. The zero-order valence-corrected chi connectivity index (χ0v) is 20.8. The number of pyridine rings is 2. The smallest absolute Gasteiger partial charge is 0.251 e. The highest BCUT2D eigenvalue weighted by molar-refractivity contribution is 5.94. The van der Waals surface area contributed by atoms with E-state index in [0.717, 1.165) is 16.9 Å². The van der Waals surface area contributed by atoms with Crippen LogP contribution in [0.2, 0.25) is 0 Å². The average Bonchev–Trinajstić information content (AvgIpc) is 2.93. The molecule has 0 atom stereocenters. The molecular weight excluding hydrogens is 470 g/mol. The van der Waals surface area contributed by atoms with Gasteiger partial charge in [0.2, 0.25) is 5.88 Å². The molecule has 8 nitrogen and oxygen atoms in total. The Morgan fingerprint density at radius 3 is 2.38 bits per heavy atom. The lowest BCUT2D eigenvalue weighted by Gasteiger charge is -2.14. The maximum absolute atomic E-state index is 12.9. The average molecular weight is 500 g/mol. The quantitative estimate of drug-likeness (QED) is 0.272. The molecule has 1 N–H and O–H groups in total. The van der Waals surface area contributed by atoms with Crippen LogP contribution >= 0.6 is 0 Å². The predicted molar refractivity (Wildman–Crippen MR) is 139 cm³/mol. The SMILES string of the molecule is CCOc1ccc(Oc2cc(CNC(=O)c3ccc(OCc4cccnc4)c(OCC)c3)ccn2)cc1. The molecule has 4 aromatic rings. The number of carbonyl (C=O) groups is 1. The van der Waals surface area contributed by atoms with Gasteiger partial charge in [0.05, 0.1) is 13.2 Å². The van der Waals surface area contributed by atoms with Crippen molar-refractivity contribution in [2.24, 2.45) is 0 Å². The summed E-state index contributed by atoms with van der Waals surface area (Å²) in [6.07, 6.45) is 5.10. The summed E-state index contributed by atoms with van der Waals surface area (Å²) in [5.74, 6) is 2.70. The summed E-state index contributed by atoms with van der Waals surface area (Å²) >= 11 is 0. The topological polar surface area (TPSA) is 91.8 Å². The number of nitrogens with zero attached hydrogens (tertiary/aromatic N) is 2. The van der Waals surface area contributed by atoms with Crippen LogP contribution in [0, 0.1) is 0 Å². The largest absolute Gasteiger partial charge is 0.494 e. The second-order valence-electron chi connectivity index (χ2n) is 7.94. The van der Waals surface area contributed by atoms with Crippen LogP contribution in [0.1, 0.15) is 35.3 Å². The number of ether oxygens (including phenoxy) is 4. The summed E-state index contributed by atoms with van der Waals surface area (Å²) in [6.45, 7) is 5.53. The fraction of sp³-hybridized carbons (Fsp3) is 0.207. The summed E-state index contributed by atoms with van der Waals surface area (Å²) in [5.41, 5.74) is 2.26. The highest BCUT2D eigenvalue weighted by Crippen LogP contribution is 2.29. The number of nitrogens with one attached hydrogen (secondary N) is 1. The van der Waals surface area contributed by atoms with Gasteiger partial charge < -0.3 is 24.3 Å². The molecule has 0 aliphatic rings. The molecule has 0 saturated heterocycles. The molecule has 0 fully saturated rings. The molecule has 190 valence electrons. The Labute approximate surface area is 216 Å². The summed E-state index contributed by atoms with van der Waals surface area (Å²) < 4.78 is 22.9. The van der Waals surface area contributed by atoms with E-state index in [0.29, 0.717) is 55.1 Å². The highest BCUT2D eigenvalue weighted by Gasteiger charge is 2.12. The lowest BCUT2D eigenvalue weighted by Crippen LogP contribution is -2.22. The number of rotatable bonds is 12. The van der Waals surface area contributed by atoms with Crippen molar-refractivity contribution in [2.75, 3.05) is 13.2 Å². The van der Waals surface area contributed by atoms with Crippen LogP contribution in [0.3, 0.4) is 0 Å². The molecule has 0 aliphatic heterocycles. The number of hydrogen-bond donors (Lipinski definition) is 1. The summed E-state index contributed by atoms with van der Waals surface area (Å²) in [7, 11) is 0. The van der Waals surface area contributed by atoms with Gasteiger partial charge in [0.15, 0.2) is 11.5 Å². The predicted octanol–water partition coefficient (Wildman–Crippen LogP) is 5.58. The van der Waals surface area contributed by atoms with Crippen molar-refractivity contribution in [1.82, 2.24) is 15.3 Å². The number of carbonyl (C=O) groups excluding carboxylic acids is 1. The van der Waals surface area contributed by atoms with Crippen molar-refractivity contribution in [3.8, 4) is 28.9 Å². The summed E-state index contributed by atoms with van der Waals surface area (Å²) in [5, 5.41) is 2.93. The molecular formula is C29H29N3O5. The second-order valence-corrected chi connectivity index (χ2v) is 7.94. The van der Waals surface area contributed by atoms with Crippen LogP contribution in [0.25, 0.3) is 0 Å². The minimum absolute atomic E-state index is 0.231. The van der Waals surface area contributed by atoms with Crippen LogP contribution < -0.4 is 24.3 Å². The van der Waals surface area contributed by atoms with Gasteiger partial charge in [0.25, 0.3) is 5.91 Å². The molecule has 0 aliphatic carbocycles. The van der Waals surface area contributed by atoms with Gasteiger partial charge in [-0.25, -0.2) is 4.98 Å². The molecule has 37 heavy (non-hydrogen) atoms. The van der Waals surface area contributed by atoms with Gasteiger partial charge in [-0.3, -0.25) is 9.78 Å². The molecule has 0 bridgehead atoms. The Balaban J connectivity index is 1.36. The van der Waals surface area contributed by atoms with Gasteiger partial charge in [0.1, 0.15) is 18.1 Å². The van der Waals surface area contributed by atoms with E-state index in [2.05, 4.69) is 15.3 Å². The van der Waals surface area contributed by atoms with E-state index in [-0.39, 0.29) is 5.91 Å². The third-order valence-corrected chi connectivity index (χ3v) is 5.23. The van der Waals surface area contributed by atoms with Crippen molar-refractivity contribution in [3.05, 3.63) is 102 Å². The van der Waals surface area contributed by atoms with Crippen molar-refractivity contribution >= 4 is 5.91 Å². The minimum Gasteiger partial charge on any atom is -0.494 e. The first kappa shape index (κ1) is 25.5. The van der Waals surface area contributed by atoms with E-state index in [1.165, 1.54) is 0 Å². The number of hydrogen-bond acceptors (Lipinski definition) is 7. The summed E-state index contributed by atoms with van der Waals surface area (Å²) in [4.78, 5) is 21.2. The van der Waals surface area contributed by atoms with E-state index in [1.54, 1.807) is 42.9 Å². The van der Waals surface area contributed by atoms with Crippen LogP contribution in [-0.4, -0.2) is 29.1 Å². The lowest BCUT2D eigenvalue weighted by atomic mass is 10.1. The van der Waals surface area contributed by atoms with Gasteiger partial charge in [-0.15, -0.1) is 0 Å².